The van der Waals surface area contributed by atoms with Crippen LogP contribution in [0.4, 0.5) is 0 Å². The first-order valence-corrected chi connectivity index (χ1v) is 3.73. The van der Waals surface area contributed by atoms with Crippen molar-refractivity contribution in [3.8, 4) is 0 Å². The summed E-state index contributed by atoms with van der Waals surface area (Å²) in [4.78, 5) is 9.25. The Bertz CT molecular complexity index is 91.7. The van der Waals surface area contributed by atoms with Crippen LogP contribution in [0.25, 0.3) is 0 Å². The first-order chi connectivity index (χ1) is 4.68. The van der Waals surface area contributed by atoms with E-state index in [0.29, 0.717) is 11.8 Å². The number of rotatable bonds is 3. The maximum atomic E-state index is 9.25. The van der Waals surface area contributed by atoms with Gasteiger partial charge < -0.3 is 5.11 Å². The lowest BCUT2D eigenvalue weighted by atomic mass is 10.6. The van der Waals surface area contributed by atoms with Crippen molar-refractivity contribution in [2.75, 3.05) is 11.8 Å². The Balaban J connectivity index is 0. The molecule has 0 radical (unpaired) electrons. The van der Waals surface area contributed by atoms with Gasteiger partial charge in [0.05, 0.1) is 0 Å². The van der Waals surface area contributed by atoms with Crippen LogP contribution in [0.1, 0.15) is 6.42 Å². The molecule has 4 heteroatoms. The first-order valence-electron chi connectivity index (χ1n) is 2.66. The number of alkyl halides is 2. The lowest BCUT2D eigenvalue weighted by molar-refractivity contribution is -0.131. The fourth-order valence-corrected chi connectivity index (χ4v) is 0.455. The molecule has 0 aliphatic heterocycles. The highest BCUT2D eigenvalue weighted by molar-refractivity contribution is 6.20. The lowest BCUT2D eigenvalue weighted by Gasteiger charge is -1.75. The molecule has 0 aromatic heterocycles. The van der Waals surface area contributed by atoms with E-state index in [9.17, 15) is 4.79 Å². The highest BCUT2D eigenvalue weighted by atomic mass is 35.5. The molecule has 60 valence electrons. The highest BCUT2D eigenvalue weighted by Gasteiger charge is 1.73. The van der Waals surface area contributed by atoms with Gasteiger partial charge in [0.1, 0.15) is 0 Å². The Labute approximate surface area is 70.4 Å². The van der Waals surface area contributed by atoms with Crippen LogP contribution in [-0.4, -0.2) is 22.8 Å². The number of hydrogen-bond acceptors (Lipinski definition) is 1. The minimum absolute atomic E-state index is 0.684. The molecule has 0 saturated carbocycles. The summed E-state index contributed by atoms with van der Waals surface area (Å²) in [6, 6.07) is 0. The molecule has 0 atom stereocenters. The predicted octanol–water partition coefficient (Wildman–Crippen LogP) is 2.11. The van der Waals surface area contributed by atoms with E-state index in [1.807, 2.05) is 0 Å². The van der Waals surface area contributed by atoms with Gasteiger partial charge in [0.2, 0.25) is 0 Å². The summed E-state index contributed by atoms with van der Waals surface area (Å²) in [6.45, 7) is 2.96. The monoisotopic (exact) mass is 184 g/mol. The molecule has 0 aromatic rings. The summed E-state index contributed by atoms with van der Waals surface area (Å²) in [5, 5.41) is 7.60. The molecule has 0 bridgehead atoms. The van der Waals surface area contributed by atoms with Crippen LogP contribution in [0.3, 0.4) is 0 Å². The number of hydrogen-bond donors (Lipinski definition) is 1. The van der Waals surface area contributed by atoms with E-state index in [-0.39, 0.29) is 0 Å². The van der Waals surface area contributed by atoms with Crippen LogP contribution in [-0.2, 0) is 4.79 Å². The largest absolute Gasteiger partial charge is 0.478 e. The number of carbonyl (C=O) groups is 1. The lowest BCUT2D eigenvalue weighted by Crippen LogP contribution is -1.82. The Hall–Kier alpha value is -0.210. The van der Waals surface area contributed by atoms with Gasteiger partial charge in [0, 0.05) is 17.8 Å². The zero-order valence-corrected chi connectivity index (χ0v) is 7.03. The van der Waals surface area contributed by atoms with Crippen LogP contribution in [0, 0.1) is 0 Å². The topological polar surface area (TPSA) is 37.3 Å². The molecule has 0 heterocycles. The fourth-order valence-electron chi connectivity index (χ4n) is 0.0505. The fraction of sp³-hybridized carbons (Fsp3) is 0.500. The Morgan fingerprint density at radius 1 is 1.50 bits per heavy atom. The molecule has 0 fully saturated rings. The van der Waals surface area contributed by atoms with Crippen molar-refractivity contribution in [1.29, 1.82) is 0 Å². The summed E-state index contributed by atoms with van der Waals surface area (Å²) in [7, 11) is 0. The van der Waals surface area contributed by atoms with E-state index in [0.717, 1.165) is 12.5 Å². The number of aliphatic carboxylic acids is 1. The zero-order chi connectivity index (χ0) is 8.41. The standard InChI is InChI=1S/C3H6Cl2.C3H4O2/c4-2-1-3-5;1-2-3(4)5/h1-3H2;2H,1H2,(H,4,5). The second-order valence-corrected chi connectivity index (χ2v) is 2.03. The van der Waals surface area contributed by atoms with Crippen molar-refractivity contribution in [2.45, 2.75) is 6.42 Å². The Morgan fingerprint density at radius 2 is 1.80 bits per heavy atom. The van der Waals surface area contributed by atoms with Crippen molar-refractivity contribution < 1.29 is 9.90 Å². The molecule has 1 N–H and O–H groups in total. The molecule has 0 spiro atoms. The normalized spacial score (nSPS) is 7.40. The van der Waals surface area contributed by atoms with Crippen molar-refractivity contribution in [1.82, 2.24) is 0 Å². The number of carboxylic acid groups (broad SMARTS) is 1. The highest BCUT2D eigenvalue weighted by Crippen LogP contribution is 1.84. The van der Waals surface area contributed by atoms with Crippen molar-refractivity contribution in [2.24, 2.45) is 0 Å². The third-order valence-electron chi connectivity index (χ3n) is 0.442. The average Bonchev–Trinajstić information content (AvgIpc) is 1.91. The summed E-state index contributed by atoms with van der Waals surface area (Å²) in [6.07, 6.45) is 1.75. The van der Waals surface area contributed by atoms with E-state index < -0.39 is 5.97 Å². The summed E-state index contributed by atoms with van der Waals surface area (Å²) >= 11 is 10.4. The van der Waals surface area contributed by atoms with Crippen LogP contribution in [0.15, 0.2) is 12.7 Å². The minimum Gasteiger partial charge on any atom is -0.478 e. The third kappa shape index (κ3) is 25.0. The average molecular weight is 185 g/mol. The molecule has 0 amide bonds. The van der Waals surface area contributed by atoms with Gasteiger partial charge >= 0.3 is 5.97 Å². The predicted molar refractivity (Wildman–Crippen MR) is 43.9 cm³/mol. The smallest absolute Gasteiger partial charge is 0.327 e. The maximum absolute atomic E-state index is 9.25. The second kappa shape index (κ2) is 11.6. The van der Waals surface area contributed by atoms with Gasteiger partial charge in [-0.2, -0.15) is 0 Å². The molecule has 0 aliphatic carbocycles. The van der Waals surface area contributed by atoms with Crippen LogP contribution in [0.2, 0.25) is 0 Å². The summed E-state index contributed by atoms with van der Waals surface area (Å²) in [5.41, 5.74) is 0. The molecular weight excluding hydrogens is 175 g/mol. The van der Waals surface area contributed by atoms with Crippen LogP contribution in [0.5, 0.6) is 0 Å². The third-order valence-corrected chi connectivity index (χ3v) is 0.976. The van der Waals surface area contributed by atoms with E-state index >= 15 is 0 Å². The molecular formula is C6H10Cl2O2. The summed E-state index contributed by atoms with van der Waals surface area (Å²) < 4.78 is 0. The van der Waals surface area contributed by atoms with Crippen LogP contribution >= 0.6 is 23.2 Å². The van der Waals surface area contributed by atoms with Gasteiger partial charge in [-0.3, -0.25) is 0 Å². The molecule has 2 nitrogen and oxygen atoms in total. The van der Waals surface area contributed by atoms with Gasteiger partial charge in [0.25, 0.3) is 0 Å². The molecule has 0 aromatic carbocycles. The van der Waals surface area contributed by atoms with E-state index in [1.54, 1.807) is 0 Å². The number of halogens is 2. The minimum atomic E-state index is -0.981. The van der Waals surface area contributed by atoms with E-state index in [2.05, 4.69) is 6.58 Å². The zero-order valence-electron chi connectivity index (χ0n) is 5.52. The maximum Gasteiger partial charge on any atom is 0.327 e. The number of carboxylic acids is 1. The van der Waals surface area contributed by atoms with E-state index in [4.69, 9.17) is 28.3 Å². The second-order valence-electron chi connectivity index (χ2n) is 1.27. The first kappa shape index (κ1) is 12.5. The van der Waals surface area contributed by atoms with Gasteiger partial charge in [0.15, 0.2) is 0 Å². The quantitative estimate of drug-likeness (QED) is 0.540. The molecule has 0 unspecified atom stereocenters. The van der Waals surface area contributed by atoms with Gasteiger partial charge in [-0.25, -0.2) is 4.79 Å². The molecule has 10 heavy (non-hydrogen) atoms. The van der Waals surface area contributed by atoms with Crippen molar-refractivity contribution in [3.05, 3.63) is 12.7 Å². The Morgan fingerprint density at radius 3 is 1.80 bits per heavy atom. The SMILES string of the molecule is C=CC(=O)O.ClCCCCl. The molecule has 0 aliphatic rings. The van der Waals surface area contributed by atoms with E-state index in [1.165, 1.54) is 0 Å². The molecule has 0 rings (SSSR count). The van der Waals surface area contributed by atoms with Crippen molar-refractivity contribution in [3.63, 3.8) is 0 Å². The molecule has 0 saturated heterocycles. The van der Waals surface area contributed by atoms with Gasteiger partial charge in [-0.1, -0.05) is 6.58 Å². The summed E-state index contributed by atoms with van der Waals surface area (Å²) in [5.74, 6) is 0.387. The van der Waals surface area contributed by atoms with Crippen molar-refractivity contribution >= 4 is 29.2 Å². The van der Waals surface area contributed by atoms with Gasteiger partial charge in [-0.15, -0.1) is 23.2 Å². The van der Waals surface area contributed by atoms with Gasteiger partial charge in [-0.05, 0) is 6.42 Å². The van der Waals surface area contributed by atoms with Crippen LogP contribution < -0.4 is 0 Å². The Kier molecular flexibility index (Phi) is 14.4.